The molecule has 0 fully saturated rings. The summed E-state index contributed by atoms with van der Waals surface area (Å²) < 4.78 is 55.2. The third-order valence-electron chi connectivity index (χ3n) is 2.80. The molecule has 0 aliphatic heterocycles. The van der Waals surface area contributed by atoms with Crippen LogP contribution in [-0.2, 0) is 20.3 Å². The number of aromatic nitrogens is 3. The maximum atomic E-state index is 11.3. The molecule has 0 aromatic carbocycles. The van der Waals surface area contributed by atoms with Crippen molar-refractivity contribution < 1.29 is 31.1 Å². The van der Waals surface area contributed by atoms with Crippen molar-refractivity contribution in [2.45, 2.75) is 4.90 Å². The van der Waals surface area contributed by atoms with Crippen LogP contribution >= 0.6 is 0 Å². The average Bonchev–Trinajstić information content (AvgIpc) is 2.68. The minimum Gasteiger partial charge on any atom is -0.481 e. The molecule has 2 heterocycles. The normalized spacial score (nSPS) is 10.0. The molecule has 29 heavy (non-hydrogen) atoms. The first-order valence-corrected chi connectivity index (χ1v) is 10.2. The fourth-order valence-electron chi connectivity index (χ4n) is 1.64. The number of sulfone groups is 1. The van der Waals surface area contributed by atoms with Gasteiger partial charge < -0.3 is 9.47 Å². The number of ether oxygens (including phenoxy) is 2. The van der Waals surface area contributed by atoms with Crippen molar-refractivity contribution in [1.82, 2.24) is 15.0 Å². The predicted molar refractivity (Wildman–Crippen MR) is 102 cm³/mol. The second-order valence-electron chi connectivity index (χ2n) is 4.77. The van der Waals surface area contributed by atoms with Gasteiger partial charge in [-0.2, -0.15) is 18.4 Å². The Balaban J connectivity index is 0.000000308. The number of rotatable bonds is 6. The van der Waals surface area contributed by atoms with Crippen molar-refractivity contribution in [3.05, 3.63) is 43.2 Å². The molecule has 1 N–H and O–H groups in total. The summed E-state index contributed by atoms with van der Waals surface area (Å²) in [7, 11) is -3.30. The molecule has 2 amide bonds. The van der Waals surface area contributed by atoms with Crippen LogP contribution in [0.1, 0.15) is 0 Å². The van der Waals surface area contributed by atoms with Crippen molar-refractivity contribution >= 4 is 32.3 Å². The van der Waals surface area contributed by atoms with E-state index in [1.165, 1.54) is 44.8 Å². The Kier molecular flexibility index (Phi) is 9.34. The Bertz CT molecular complexity index is 1060. The van der Waals surface area contributed by atoms with E-state index in [0.717, 1.165) is 0 Å². The first-order chi connectivity index (χ1) is 13.7. The van der Waals surface area contributed by atoms with Crippen LogP contribution in [0.2, 0.25) is 0 Å². The van der Waals surface area contributed by atoms with Gasteiger partial charge in [0.05, 0.1) is 30.9 Å². The van der Waals surface area contributed by atoms with Crippen molar-refractivity contribution in [3.8, 4) is 11.8 Å². The molecule has 0 aliphatic rings. The summed E-state index contributed by atoms with van der Waals surface area (Å²) in [5.74, 6) is 0.0739. The number of urea groups is 1. The SMILES string of the molecule is C=CCS(=O)(=O)c1cccnc1.COc1cc(OC)nc(NC(=O)N=S(=O)=O)n1. The number of carbonyl (C=O) groups excluding carboxylic acids is 1. The molecule has 0 aliphatic carbocycles. The molecule has 0 atom stereocenters. The van der Waals surface area contributed by atoms with Gasteiger partial charge in [0, 0.05) is 12.4 Å². The van der Waals surface area contributed by atoms with Gasteiger partial charge in [0.2, 0.25) is 17.7 Å². The number of pyridine rings is 1. The molecule has 2 aromatic heterocycles. The highest BCUT2D eigenvalue weighted by Crippen LogP contribution is 2.17. The monoisotopic (exact) mass is 443 g/mol. The Morgan fingerprint density at radius 3 is 2.34 bits per heavy atom. The lowest BCUT2D eigenvalue weighted by atomic mass is 10.5. The Labute approximate surface area is 168 Å². The third kappa shape index (κ3) is 8.44. The van der Waals surface area contributed by atoms with Crippen molar-refractivity contribution in [3.63, 3.8) is 0 Å². The van der Waals surface area contributed by atoms with Gasteiger partial charge in [0.25, 0.3) is 0 Å². The van der Waals surface area contributed by atoms with Crippen LogP contribution in [0.5, 0.6) is 11.8 Å². The largest absolute Gasteiger partial charge is 0.481 e. The molecule has 0 bridgehead atoms. The van der Waals surface area contributed by atoms with Crippen LogP contribution in [0.25, 0.3) is 0 Å². The van der Waals surface area contributed by atoms with E-state index in [9.17, 15) is 21.6 Å². The quantitative estimate of drug-likeness (QED) is 0.639. The number of hydrogen-bond acceptors (Lipinski definition) is 10. The Morgan fingerprint density at radius 1 is 1.28 bits per heavy atom. The molecular formula is C15H17N5O7S2. The van der Waals surface area contributed by atoms with Crippen molar-refractivity contribution in [2.24, 2.45) is 4.36 Å². The highest BCUT2D eigenvalue weighted by molar-refractivity contribution is 7.91. The average molecular weight is 443 g/mol. The van der Waals surface area contributed by atoms with Gasteiger partial charge in [0.15, 0.2) is 9.84 Å². The lowest BCUT2D eigenvalue weighted by molar-refractivity contribution is 0.259. The molecule has 12 nitrogen and oxygen atoms in total. The van der Waals surface area contributed by atoms with Crippen LogP contribution in [-0.4, -0.2) is 57.8 Å². The Morgan fingerprint density at radius 2 is 1.90 bits per heavy atom. The van der Waals surface area contributed by atoms with Crippen LogP contribution in [0, 0.1) is 0 Å². The van der Waals surface area contributed by atoms with Crippen LogP contribution in [0.15, 0.2) is 52.5 Å². The number of carbonyl (C=O) groups is 1. The summed E-state index contributed by atoms with van der Waals surface area (Å²) in [6.45, 7) is 3.37. The number of methoxy groups -OCH3 is 2. The summed E-state index contributed by atoms with van der Waals surface area (Å²) in [6.07, 6.45) is 4.23. The van der Waals surface area contributed by atoms with Gasteiger partial charge in [-0.15, -0.1) is 6.58 Å². The molecule has 0 saturated carbocycles. The molecule has 14 heteroatoms. The van der Waals surface area contributed by atoms with Crippen molar-refractivity contribution in [2.75, 3.05) is 25.3 Å². The smallest absolute Gasteiger partial charge is 0.362 e. The van der Waals surface area contributed by atoms with Gasteiger partial charge in [-0.1, -0.05) is 10.4 Å². The number of nitrogens with zero attached hydrogens (tertiary/aromatic N) is 4. The second-order valence-corrected chi connectivity index (χ2v) is 7.42. The molecule has 2 aromatic rings. The zero-order chi connectivity index (χ0) is 21.9. The first kappa shape index (κ1) is 23.6. The van der Waals surface area contributed by atoms with E-state index in [0.29, 0.717) is 0 Å². The Hall–Kier alpha value is -3.39. The standard InChI is InChI=1S/C8H9NO2S.C7H8N4O5S/c1-2-6-12(10,11)8-4-3-5-9-7-8;1-15-4-3-5(16-2)9-6(8-4)10-7(12)11-17(13)14/h2-5,7H,1,6H2;3H,1-2H3,(H,8,9,10,12). The van der Waals surface area contributed by atoms with E-state index in [1.54, 1.807) is 6.07 Å². The summed E-state index contributed by atoms with van der Waals surface area (Å²) in [4.78, 5) is 22.4. The predicted octanol–water partition coefficient (Wildman–Crippen LogP) is 1.13. The molecule has 0 spiro atoms. The molecule has 0 saturated heterocycles. The van der Waals surface area contributed by atoms with Gasteiger partial charge in [0.1, 0.15) is 0 Å². The fourth-order valence-corrected chi connectivity index (χ4v) is 2.83. The minimum absolute atomic E-state index is 0.0430. The molecule has 0 unspecified atom stereocenters. The van der Waals surface area contributed by atoms with E-state index in [4.69, 9.17) is 9.47 Å². The second kappa shape index (κ2) is 11.5. The van der Waals surface area contributed by atoms with Crippen LogP contribution in [0.4, 0.5) is 10.7 Å². The molecule has 0 radical (unpaired) electrons. The summed E-state index contributed by atoms with van der Waals surface area (Å²) in [5, 5.41) is 2.04. The van der Waals surface area contributed by atoms with Gasteiger partial charge in [-0.3, -0.25) is 10.3 Å². The van der Waals surface area contributed by atoms with Gasteiger partial charge in [-0.25, -0.2) is 13.2 Å². The lowest BCUT2D eigenvalue weighted by Crippen LogP contribution is -2.10. The van der Waals surface area contributed by atoms with E-state index >= 15 is 0 Å². The lowest BCUT2D eigenvalue weighted by Gasteiger charge is -2.05. The number of amides is 2. The topological polar surface area (TPSA) is 167 Å². The maximum absolute atomic E-state index is 11.3. The summed E-state index contributed by atoms with van der Waals surface area (Å²) >= 11 is 0. The van der Waals surface area contributed by atoms with Gasteiger partial charge in [-0.05, 0) is 12.1 Å². The van der Waals surface area contributed by atoms with E-state index in [2.05, 4.69) is 25.9 Å². The van der Waals surface area contributed by atoms with Crippen molar-refractivity contribution in [1.29, 1.82) is 0 Å². The van der Waals surface area contributed by atoms with Crippen LogP contribution in [0.3, 0.4) is 0 Å². The highest BCUT2D eigenvalue weighted by Gasteiger charge is 2.11. The minimum atomic E-state index is -3.19. The zero-order valence-electron chi connectivity index (χ0n) is 15.3. The van der Waals surface area contributed by atoms with Gasteiger partial charge >= 0.3 is 16.5 Å². The number of nitrogens with one attached hydrogen (secondary N) is 1. The molecule has 156 valence electrons. The fraction of sp³-hybridized carbons (Fsp3) is 0.200. The third-order valence-corrected chi connectivity index (χ3v) is 4.75. The summed E-state index contributed by atoms with van der Waals surface area (Å²) in [5.41, 5.74) is 0. The zero-order valence-corrected chi connectivity index (χ0v) is 17.0. The molecule has 2 rings (SSSR count). The van der Waals surface area contributed by atoms with E-state index in [-0.39, 0.29) is 28.4 Å². The summed E-state index contributed by atoms with van der Waals surface area (Å²) in [6, 6.07) is 3.38. The van der Waals surface area contributed by atoms with E-state index in [1.807, 2.05) is 5.32 Å². The van der Waals surface area contributed by atoms with E-state index < -0.39 is 26.4 Å². The first-order valence-electron chi connectivity index (χ1n) is 7.54. The maximum Gasteiger partial charge on any atom is 0.362 e. The number of anilines is 1. The molecular weight excluding hydrogens is 426 g/mol. The highest BCUT2D eigenvalue weighted by atomic mass is 32.2. The van der Waals surface area contributed by atoms with Crippen LogP contribution < -0.4 is 14.8 Å². The number of hydrogen-bond donors (Lipinski definition) is 1.